The normalized spacial score (nSPS) is 10.8. The monoisotopic (exact) mass is 268 g/mol. The molecule has 0 aliphatic rings. The fourth-order valence-corrected chi connectivity index (χ4v) is 2.79. The molecule has 0 unspecified atom stereocenters. The summed E-state index contributed by atoms with van der Waals surface area (Å²) in [6.45, 7) is 8.76. The number of nitrogens with zero attached hydrogens (tertiary/aromatic N) is 1. The van der Waals surface area contributed by atoms with Gasteiger partial charge in [-0.05, 0) is 60.1 Å². The van der Waals surface area contributed by atoms with E-state index in [2.05, 4.69) is 44.8 Å². The lowest BCUT2D eigenvalue weighted by molar-refractivity contribution is 1.04. The summed E-state index contributed by atoms with van der Waals surface area (Å²) in [7, 11) is 0. The van der Waals surface area contributed by atoms with Crippen LogP contribution in [0.1, 0.15) is 43.0 Å². The van der Waals surface area contributed by atoms with Gasteiger partial charge in [0, 0.05) is 11.8 Å². The summed E-state index contributed by atoms with van der Waals surface area (Å²) >= 11 is 0. The molecule has 20 heavy (non-hydrogen) atoms. The molecule has 2 heteroatoms. The van der Waals surface area contributed by atoms with Crippen LogP contribution in [0.15, 0.2) is 24.4 Å². The van der Waals surface area contributed by atoms with Crippen molar-refractivity contribution in [2.75, 3.05) is 5.73 Å². The number of anilines is 1. The van der Waals surface area contributed by atoms with E-state index in [1.807, 2.05) is 12.3 Å². The highest BCUT2D eigenvalue weighted by Gasteiger charge is 2.13. The highest BCUT2D eigenvalue weighted by Crippen LogP contribution is 2.32. The first-order chi connectivity index (χ1) is 9.60. The van der Waals surface area contributed by atoms with Gasteiger partial charge < -0.3 is 5.73 Å². The van der Waals surface area contributed by atoms with Gasteiger partial charge in [0.05, 0.1) is 0 Å². The van der Waals surface area contributed by atoms with Crippen LogP contribution in [0.2, 0.25) is 0 Å². The van der Waals surface area contributed by atoms with E-state index in [-0.39, 0.29) is 0 Å². The molecule has 2 aromatic rings. The fourth-order valence-electron chi connectivity index (χ4n) is 2.79. The highest BCUT2D eigenvalue weighted by molar-refractivity contribution is 5.74. The van der Waals surface area contributed by atoms with Crippen LogP contribution < -0.4 is 5.73 Å². The fraction of sp³-hybridized carbons (Fsp3) is 0.389. The van der Waals surface area contributed by atoms with E-state index < -0.39 is 0 Å². The second kappa shape index (κ2) is 6.08. The third-order valence-corrected chi connectivity index (χ3v) is 3.93. The first-order valence-electron chi connectivity index (χ1n) is 7.47. The van der Waals surface area contributed by atoms with Crippen LogP contribution in [-0.2, 0) is 19.3 Å². The molecule has 0 saturated heterocycles. The number of pyridine rings is 1. The molecule has 106 valence electrons. The van der Waals surface area contributed by atoms with Crippen molar-refractivity contribution in [1.29, 1.82) is 0 Å². The minimum absolute atomic E-state index is 0.590. The predicted octanol–water partition coefficient (Wildman–Crippen LogP) is 4.33. The molecule has 0 radical (unpaired) electrons. The van der Waals surface area contributed by atoms with Gasteiger partial charge in [0.25, 0.3) is 0 Å². The summed E-state index contributed by atoms with van der Waals surface area (Å²) in [5.74, 6) is 0.590. The van der Waals surface area contributed by atoms with E-state index in [0.717, 1.165) is 19.3 Å². The quantitative estimate of drug-likeness (QED) is 0.896. The molecule has 0 spiro atoms. The summed E-state index contributed by atoms with van der Waals surface area (Å²) in [6.07, 6.45) is 5.09. The first kappa shape index (κ1) is 14.6. The van der Waals surface area contributed by atoms with Crippen LogP contribution in [0.5, 0.6) is 0 Å². The van der Waals surface area contributed by atoms with Gasteiger partial charge in [0.15, 0.2) is 0 Å². The Bertz CT molecular complexity index is 590. The van der Waals surface area contributed by atoms with Crippen LogP contribution in [0.25, 0.3) is 11.1 Å². The molecular formula is C18H24N2. The Labute approximate surface area is 122 Å². The Morgan fingerprint density at radius 3 is 2.00 bits per heavy atom. The van der Waals surface area contributed by atoms with Gasteiger partial charge in [-0.25, -0.2) is 4.98 Å². The molecule has 1 heterocycles. The van der Waals surface area contributed by atoms with E-state index in [0.29, 0.717) is 5.82 Å². The molecule has 2 nitrogen and oxygen atoms in total. The van der Waals surface area contributed by atoms with Crippen LogP contribution in [0.3, 0.4) is 0 Å². The van der Waals surface area contributed by atoms with Crippen molar-refractivity contribution in [3.8, 4) is 11.1 Å². The van der Waals surface area contributed by atoms with Crippen molar-refractivity contribution in [2.45, 2.75) is 47.0 Å². The van der Waals surface area contributed by atoms with Crippen molar-refractivity contribution in [3.05, 3.63) is 46.6 Å². The zero-order chi connectivity index (χ0) is 14.7. The van der Waals surface area contributed by atoms with Gasteiger partial charge in [0.2, 0.25) is 0 Å². The number of nitrogens with two attached hydrogens (primary N) is 1. The SMILES string of the molecule is CCc1cc(CC)c(-c2cnc(N)cc2C)c(CC)c1. The number of nitrogen functional groups attached to an aromatic ring is 1. The van der Waals surface area contributed by atoms with E-state index >= 15 is 0 Å². The van der Waals surface area contributed by atoms with Crippen LogP contribution in [0.4, 0.5) is 5.82 Å². The van der Waals surface area contributed by atoms with Crippen molar-refractivity contribution in [1.82, 2.24) is 4.98 Å². The minimum Gasteiger partial charge on any atom is -0.384 e. The predicted molar refractivity (Wildman–Crippen MR) is 87.0 cm³/mol. The Balaban J connectivity index is 2.71. The van der Waals surface area contributed by atoms with Crippen molar-refractivity contribution >= 4 is 5.82 Å². The summed E-state index contributed by atoms with van der Waals surface area (Å²) in [6, 6.07) is 6.64. The smallest absolute Gasteiger partial charge is 0.123 e. The summed E-state index contributed by atoms with van der Waals surface area (Å²) < 4.78 is 0. The van der Waals surface area contributed by atoms with Gasteiger partial charge in [-0.15, -0.1) is 0 Å². The highest BCUT2D eigenvalue weighted by atomic mass is 14.8. The number of hydrogen-bond acceptors (Lipinski definition) is 2. The van der Waals surface area contributed by atoms with Crippen LogP contribution in [-0.4, -0.2) is 4.98 Å². The zero-order valence-corrected chi connectivity index (χ0v) is 13.0. The topological polar surface area (TPSA) is 38.9 Å². The first-order valence-corrected chi connectivity index (χ1v) is 7.47. The van der Waals surface area contributed by atoms with E-state index in [4.69, 9.17) is 5.73 Å². The summed E-state index contributed by atoms with van der Waals surface area (Å²) in [4.78, 5) is 4.29. The molecule has 0 saturated carbocycles. The van der Waals surface area contributed by atoms with Gasteiger partial charge in [-0.2, -0.15) is 0 Å². The number of aromatic nitrogens is 1. The molecule has 2 rings (SSSR count). The maximum atomic E-state index is 5.78. The standard InChI is InChI=1S/C18H24N2/c1-5-13-9-14(6-2)18(15(7-3)10-13)16-11-20-17(19)8-12(16)4/h8-11H,5-7H2,1-4H3,(H2,19,20). The average Bonchev–Trinajstić information content (AvgIpc) is 2.46. The molecule has 1 aromatic heterocycles. The number of benzene rings is 1. The molecule has 0 aliphatic heterocycles. The zero-order valence-electron chi connectivity index (χ0n) is 13.0. The third-order valence-electron chi connectivity index (χ3n) is 3.93. The van der Waals surface area contributed by atoms with Crippen LogP contribution in [0, 0.1) is 6.92 Å². The third kappa shape index (κ3) is 2.69. The number of aryl methyl sites for hydroxylation is 4. The summed E-state index contributed by atoms with van der Waals surface area (Å²) in [5, 5.41) is 0. The second-order valence-electron chi connectivity index (χ2n) is 5.27. The van der Waals surface area contributed by atoms with Crippen molar-refractivity contribution in [2.24, 2.45) is 0 Å². The lowest BCUT2D eigenvalue weighted by Gasteiger charge is -2.17. The summed E-state index contributed by atoms with van der Waals surface area (Å²) in [5.41, 5.74) is 13.8. The number of hydrogen-bond donors (Lipinski definition) is 1. The van der Waals surface area contributed by atoms with Gasteiger partial charge in [-0.1, -0.05) is 32.9 Å². The molecule has 0 aliphatic carbocycles. The number of rotatable bonds is 4. The Morgan fingerprint density at radius 2 is 1.55 bits per heavy atom. The molecule has 0 fully saturated rings. The lowest BCUT2D eigenvalue weighted by atomic mass is 9.88. The van der Waals surface area contributed by atoms with Crippen molar-refractivity contribution < 1.29 is 0 Å². The van der Waals surface area contributed by atoms with Crippen molar-refractivity contribution in [3.63, 3.8) is 0 Å². The second-order valence-corrected chi connectivity index (χ2v) is 5.27. The van der Waals surface area contributed by atoms with Crippen LogP contribution >= 0.6 is 0 Å². The molecule has 0 atom stereocenters. The lowest BCUT2D eigenvalue weighted by Crippen LogP contribution is -2.00. The molecular weight excluding hydrogens is 244 g/mol. The Morgan fingerprint density at radius 1 is 0.950 bits per heavy atom. The van der Waals surface area contributed by atoms with Gasteiger partial charge >= 0.3 is 0 Å². The minimum atomic E-state index is 0.590. The molecule has 0 bridgehead atoms. The maximum absolute atomic E-state index is 5.78. The Kier molecular flexibility index (Phi) is 4.43. The molecule has 0 amide bonds. The largest absolute Gasteiger partial charge is 0.384 e. The van der Waals surface area contributed by atoms with Gasteiger partial charge in [0.1, 0.15) is 5.82 Å². The Hall–Kier alpha value is -1.83. The maximum Gasteiger partial charge on any atom is 0.123 e. The molecule has 1 aromatic carbocycles. The average molecular weight is 268 g/mol. The van der Waals surface area contributed by atoms with E-state index in [1.165, 1.54) is 33.4 Å². The molecule has 2 N–H and O–H groups in total. The van der Waals surface area contributed by atoms with Gasteiger partial charge in [-0.3, -0.25) is 0 Å². The van der Waals surface area contributed by atoms with E-state index in [1.54, 1.807) is 0 Å². The van der Waals surface area contributed by atoms with E-state index in [9.17, 15) is 0 Å².